The molecule has 0 aliphatic heterocycles. The standard InChI is InChI=1S/C23H23N3O6S/c1-4-13-24-22(27)19-6-5-14-25-23(19)32-17-9-7-16(8-10-17)26-33(28,29)21-15-18(30-2)11-12-20(21)31-3/h4-12,14-15,26H,1,13H2,2-3H3,(H,24,27). The molecule has 1 aromatic heterocycles. The van der Waals surface area contributed by atoms with Crippen molar-refractivity contribution in [3.05, 3.63) is 79.0 Å². The van der Waals surface area contributed by atoms with Crippen molar-refractivity contribution in [3.8, 4) is 23.1 Å². The maximum atomic E-state index is 12.9. The van der Waals surface area contributed by atoms with Gasteiger partial charge in [0.05, 0.1) is 14.2 Å². The average molecular weight is 470 g/mol. The number of nitrogens with zero attached hydrogens (tertiary/aromatic N) is 1. The molecule has 3 aromatic rings. The summed E-state index contributed by atoms with van der Waals surface area (Å²) in [5.74, 6) is 0.695. The Bertz CT molecular complexity index is 1240. The first-order chi connectivity index (χ1) is 15.9. The van der Waals surface area contributed by atoms with Gasteiger partial charge in [-0.2, -0.15) is 0 Å². The van der Waals surface area contributed by atoms with Crippen LogP contribution in [0.1, 0.15) is 10.4 Å². The molecule has 0 atom stereocenters. The number of carbonyl (C=O) groups is 1. The van der Waals surface area contributed by atoms with Crippen molar-refractivity contribution < 1.29 is 27.4 Å². The second-order valence-corrected chi connectivity index (χ2v) is 8.25. The molecule has 0 saturated heterocycles. The van der Waals surface area contributed by atoms with Crippen LogP contribution in [0.3, 0.4) is 0 Å². The van der Waals surface area contributed by atoms with E-state index < -0.39 is 10.0 Å². The highest BCUT2D eigenvalue weighted by atomic mass is 32.2. The molecule has 0 fully saturated rings. The number of amides is 1. The van der Waals surface area contributed by atoms with E-state index in [1.54, 1.807) is 36.4 Å². The Morgan fingerprint density at radius 2 is 1.79 bits per heavy atom. The van der Waals surface area contributed by atoms with Crippen LogP contribution < -0.4 is 24.2 Å². The minimum atomic E-state index is -3.96. The quantitative estimate of drug-likeness (QED) is 0.436. The first kappa shape index (κ1) is 23.6. The summed E-state index contributed by atoms with van der Waals surface area (Å²) in [7, 11) is -1.13. The van der Waals surface area contributed by atoms with Crippen molar-refractivity contribution in [1.29, 1.82) is 0 Å². The highest BCUT2D eigenvalue weighted by Gasteiger charge is 2.21. The van der Waals surface area contributed by atoms with Crippen molar-refractivity contribution in [2.75, 3.05) is 25.5 Å². The SMILES string of the molecule is C=CCNC(=O)c1cccnc1Oc1ccc(NS(=O)(=O)c2cc(OC)ccc2OC)cc1. The number of hydrogen-bond donors (Lipinski definition) is 2. The molecular formula is C23H23N3O6S. The van der Waals surface area contributed by atoms with Gasteiger partial charge in [0, 0.05) is 24.5 Å². The summed E-state index contributed by atoms with van der Waals surface area (Å²) in [4.78, 5) is 16.3. The third kappa shape index (κ3) is 5.80. The van der Waals surface area contributed by atoms with Gasteiger partial charge in [-0.3, -0.25) is 9.52 Å². The van der Waals surface area contributed by atoms with Gasteiger partial charge >= 0.3 is 0 Å². The molecule has 172 valence electrons. The molecule has 3 rings (SSSR count). The second-order valence-electron chi connectivity index (χ2n) is 6.60. The van der Waals surface area contributed by atoms with Crippen LogP contribution >= 0.6 is 0 Å². The van der Waals surface area contributed by atoms with Gasteiger partial charge in [-0.05, 0) is 48.5 Å². The average Bonchev–Trinajstić information content (AvgIpc) is 2.83. The lowest BCUT2D eigenvalue weighted by Crippen LogP contribution is -2.23. The maximum absolute atomic E-state index is 12.9. The Balaban J connectivity index is 1.78. The maximum Gasteiger partial charge on any atom is 0.265 e. The largest absolute Gasteiger partial charge is 0.497 e. The summed E-state index contributed by atoms with van der Waals surface area (Å²) in [6, 6.07) is 13.9. The zero-order valence-corrected chi connectivity index (χ0v) is 18.9. The zero-order valence-electron chi connectivity index (χ0n) is 18.1. The Kier molecular flexibility index (Phi) is 7.52. The molecule has 10 heteroatoms. The number of rotatable bonds is 10. The summed E-state index contributed by atoms with van der Waals surface area (Å²) < 4.78 is 44.3. The fourth-order valence-electron chi connectivity index (χ4n) is 2.81. The summed E-state index contributed by atoms with van der Waals surface area (Å²) in [6.45, 7) is 3.87. The number of sulfonamides is 1. The van der Waals surface area contributed by atoms with Crippen LogP contribution in [0.4, 0.5) is 5.69 Å². The molecule has 1 amide bonds. The van der Waals surface area contributed by atoms with Crippen LogP contribution in [0.15, 0.2) is 78.3 Å². The van der Waals surface area contributed by atoms with E-state index in [0.29, 0.717) is 23.7 Å². The molecule has 0 aliphatic carbocycles. The molecule has 2 N–H and O–H groups in total. The Morgan fingerprint density at radius 3 is 2.45 bits per heavy atom. The number of hydrogen-bond acceptors (Lipinski definition) is 7. The van der Waals surface area contributed by atoms with Gasteiger partial charge in [-0.15, -0.1) is 6.58 Å². The molecular weight excluding hydrogens is 446 g/mol. The lowest BCUT2D eigenvalue weighted by molar-refractivity contribution is 0.0955. The third-order valence-corrected chi connectivity index (χ3v) is 5.81. The van der Waals surface area contributed by atoms with Crippen molar-refractivity contribution in [2.24, 2.45) is 0 Å². The number of methoxy groups -OCH3 is 2. The topological polar surface area (TPSA) is 116 Å². The van der Waals surface area contributed by atoms with Gasteiger partial charge in [0.25, 0.3) is 15.9 Å². The van der Waals surface area contributed by atoms with Gasteiger partial charge in [0.2, 0.25) is 5.88 Å². The fourth-order valence-corrected chi connectivity index (χ4v) is 4.06. The van der Waals surface area contributed by atoms with Gasteiger partial charge in [-0.25, -0.2) is 13.4 Å². The van der Waals surface area contributed by atoms with E-state index >= 15 is 0 Å². The zero-order chi connectivity index (χ0) is 23.8. The van der Waals surface area contributed by atoms with Gasteiger partial charge in [-0.1, -0.05) is 6.08 Å². The monoisotopic (exact) mass is 469 g/mol. The molecule has 9 nitrogen and oxygen atoms in total. The van der Waals surface area contributed by atoms with Crippen molar-refractivity contribution in [2.45, 2.75) is 4.90 Å². The van der Waals surface area contributed by atoms with E-state index in [0.717, 1.165) is 0 Å². The molecule has 0 aliphatic rings. The van der Waals surface area contributed by atoms with E-state index in [1.807, 2.05) is 0 Å². The predicted molar refractivity (Wildman–Crippen MR) is 124 cm³/mol. The van der Waals surface area contributed by atoms with E-state index in [9.17, 15) is 13.2 Å². The fraction of sp³-hybridized carbons (Fsp3) is 0.130. The summed E-state index contributed by atoms with van der Waals surface area (Å²) in [5, 5.41) is 2.67. The number of aromatic nitrogens is 1. The second kappa shape index (κ2) is 10.5. The lowest BCUT2D eigenvalue weighted by atomic mass is 10.2. The third-order valence-electron chi connectivity index (χ3n) is 4.40. The molecule has 0 saturated carbocycles. The van der Waals surface area contributed by atoms with Crippen molar-refractivity contribution in [3.63, 3.8) is 0 Å². The van der Waals surface area contributed by atoms with Crippen molar-refractivity contribution >= 4 is 21.6 Å². The minimum Gasteiger partial charge on any atom is -0.497 e. The first-order valence-electron chi connectivity index (χ1n) is 9.75. The molecule has 33 heavy (non-hydrogen) atoms. The molecule has 1 heterocycles. The normalized spacial score (nSPS) is 10.7. The van der Waals surface area contributed by atoms with Crippen LogP contribution in [0.25, 0.3) is 0 Å². The van der Waals surface area contributed by atoms with Gasteiger partial charge in [0.1, 0.15) is 27.7 Å². The van der Waals surface area contributed by atoms with E-state index in [-0.39, 0.29) is 28.0 Å². The summed E-state index contributed by atoms with van der Waals surface area (Å²) >= 11 is 0. The van der Waals surface area contributed by atoms with Crippen molar-refractivity contribution in [1.82, 2.24) is 10.3 Å². The van der Waals surface area contributed by atoms with Crippen LogP contribution in [-0.4, -0.2) is 40.1 Å². The van der Waals surface area contributed by atoms with Crippen LogP contribution in [0.5, 0.6) is 23.1 Å². The van der Waals surface area contributed by atoms with Crippen LogP contribution in [-0.2, 0) is 10.0 Å². The number of anilines is 1. The predicted octanol–water partition coefficient (Wildman–Crippen LogP) is 3.61. The molecule has 0 unspecified atom stereocenters. The Hall–Kier alpha value is -4.05. The van der Waals surface area contributed by atoms with Gasteiger partial charge in [0.15, 0.2) is 0 Å². The lowest BCUT2D eigenvalue weighted by Gasteiger charge is -2.13. The number of carbonyl (C=O) groups excluding carboxylic acids is 1. The van der Waals surface area contributed by atoms with E-state index in [1.165, 1.54) is 44.7 Å². The first-order valence-corrected chi connectivity index (χ1v) is 11.2. The molecule has 0 radical (unpaired) electrons. The highest BCUT2D eigenvalue weighted by Crippen LogP contribution is 2.30. The van der Waals surface area contributed by atoms with Gasteiger partial charge < -0.3 is 19.5 Å². The molecule has 0 spiro atoms. The number of ether oxygens (including phenoxy) is 3. The van der Waals surface area contributed by atoms with Crippen LogP contribution in [0.2, 0.25) is 0 Å². The highest BCUT2D eigenvalue weighted by molar-refractivity contribution is 7.92. The van der Waals surface area contributed by atoms with E-state index in [2.05, 4.69) is 21.6 Å². The number of benzene rings is 2. The minimum absolute atomic E-state index is 0.0617. The van der Waals surface area contributed by atoms with Crippen LogP contribution in [0, 0.1) is 0 Å². The van der Waals surface area contributed by atoms with E-state index in [4.69, 9.17) is 14.2 Å². The Labute approximate surface area is 192 Å². The molecule has 0 bridgehead atoms. The molecule has 2 aromatic carbocycles. The number of nitrogens with one attached hydrogen (secondary N) is 2. The number of pyridine rings is 1. The smallest absolute Gasteiger partial charge is 0.265 e. The summed E-state index contributed by atoms with van der Waals surface area (Å²) in [6.07, 6.45) is 3.07. The Morgan fingerprint density at radius 1 is 1.06 bits per heavy atom. The summed E-state index contributed by atoms with van der Waals surface area (Å²) in [5.41, 5.74) is 0.562.